The fourth-order valence-electron chi connectivity index (χ4n) is 2.60. The van der Waals surface area contributed by atoms with Crippen LogP contribution in [0.1, 0.15) is 24.5 Å². The van der Waals surface area contributed by atoms with Gasteiger partial charge < -0.3 is 10.4 Å². The van der Waals surface area contributed by atoms with Crippen molar-refractivity contribution < 1.29 is 13.5 Å². The number of nitrogens with one attached hydrogen (secondary N) is 1. The number of rotatable bonds is 4. The Balaban J connectivity index is 2.47. The maximum absolute atomic E-state index is 12.6. The van der Waals surface area contributed by atoms with Crippen LogP contribution >= 0.6 is 0 Å². The minimum atomic E-state index is -3.56. The summed E-state index contributed by atoms with van der Waals surface area (Å²) in [5.74, 6) is 0. The summed E-state index contributed by atoms with van der Waals surface area (Å²) in [5.41, 5.74) is 2.88. The highest BCUT2D eigenvalue weighted by Crippen LogP contribution is 2.32. The number of hydrogen-bond acceptors (Lipinski definition) is 4. The van der Waals surface area contributed by atoms with Crippen molar-refractivity contribution in [3.8, 4) is 0 Å². The number of sulfonamides is 1. The molecule has 5 nitrogen and oxygen atoms in total. The summed E-state index contributed by atoms with van der Waals surface area (Å²) in [6.45, 7) is 4.53. The van der Waals surface area contributed by atoms with Gasteiger partial charge in [-0.3, -0.25) is 0 Å². The smallest absolute Gasteiger partial charge is 0.243 e. The maximum atomic E-state index is 12.6. The summed E-state index contributed by atoms with van der Waals surface area (Å²) in [6.07, 6.45) is 1.01. The molecule has 0 fully saturated rings. The van der Waals surface area contributed by atoms with E-state index in [1.54, 1.807) is 13.0 Å². The van der Waals surface area contributed by atoms with Crippen LogP contribution in [0.5, 0.6) is 0 Å². The molecule has 2 rings (SSSR count). The second-order valence-electron chi connectivity index (χ2n) is 5.40. The van der Waals surface area contributed by atoms with E-state index in [0.29, 0.717) is 4.90 Å². The number of aryl methyl sites for hydroxylation is 1. The van der Waals surface area contributed by atoms with E-state index in [9.17, 15) is 13.5 Å². The van der Waals surface area contributed by atoms with E-state index in [-0.39, 0.29) is 6.54 Å². The molecule has 0 amide bonds. The van der Waals surface area contributed by atoms with E-state index >= 15 is 0 Å². The normalized spacial score (nSPS) is 16.6. The molecule has 1 unspecified atom stereocenters. The second-order valence-corrected chi connectivity index (χ2v) is 7.41. The SMILES string of the molecule is Cc1ccc(S(=O)(=O)N(C)CC(C)O)c2c1NCCC2. The molecular formula is C14H22N2O3S. The fourth-order valence-corrected chi connectivity index (χ4v) is 4.10. The van der Waals surface area contributed by atoms with Crippen molar-refractivity contribution in [3.63, 3.8) is 0 Å². The molecule has 0 aromatic heterocycles. The predicted molar refractivity (Wildman–Crippen MR) is 79.5 cm³/mol. The molecule has 0 radical (unpaired) electrons. The van der Waals surface area contributed by atoms with Crippen LogP contribution in [-0.2, 0) is 16.4 Å². The standard InChI is InChI=1S/C14H22N2O3S/c1-10-6-7-13(12-5-4-8-15-14(10)12)20(18,19)16(3)9-11(2)17/h6-7,11,15,17H,4-5,8-9H2,1-3H3. The van der Waals surface area contributed by atoms with Crippen LogP contribution in [-0.4, -0.2) is 44.1 Å². The lowest BCUT2D eigenvalue weighted by Gasteiger charge is -2.25. The molecule has 0 aliphatic carbocycles. The third-order valence-electron chi connectivity index (χ3n) is 3.59. The highest BCUT2D eigenvalue weighted by Gasteiger charge is 2.27. The molecule has 20 heavy (non-hydrogen) atoms. The number of aliphatic hydroxyl groups is 1. The molecule has 1 aliphatic rings. The Morgan fingerprint density at radius 2 is 2.15 bits per heavy atom. The summed E-state index contributed by atoms with van der Waals surface area (Å²) < 4.78 is 26.5. The third kappa shape index (κ3) is 2.82. The molecule has 1 aliphatic heterocycles. The number of fused-ring (bicyclic) bond motifs is 1. The van der Waals surface area contributed by atoms with Crippen molar-refractivity contribution in [1.82, 2.24) is 4.31 Å². The van der Waals surface area contributed by atoms with Crippen molar-refractivity contribution in [1.29, 1.82) is 0 Å². The van der Waals surface area contributed by atoms with Crippen molar-refractivity contribution in [2.24, 2.45) is 0 Å². The van der Waals surface area contributed by atoms with Crippen LogP contribution in [0.3, 0.4) is 0 Å². The maximum Gasteiger partial charge on any atom is 0.243 e. The molecule has 0 spiro atoms. The number of benzene rings is 1. The van der Waals surface area contributed by atoms with Gasteiger partial charge in [-0.1, -0.05) is 6.07 Å². The molecule has 1 atom stereocenters. The van der Waals surface area contributed by atoms with Crippen molar-refractivity contribution in [2.75, 3.05) is 25.5 Å². The van der Waals surface area contributed by atoms with E-state index < -0.39 is 16.1 Å². The van der Waals surface area contributed by atoms with Gasteiger partial charge in [-0.15, -0.1) is 0 Å². The Morgan fingerprint density at radius 3 is 2.80 bits per heavy atom. The predicted octanol–water partition coefficient (Wildman–Crippen LogP) is 1.35. The summed E-state index contributed by atoms with van der Waals surface area (Å²) in [4.78, 5) is 0.355. The average molecular weight is 298 g/mol. The van der Waals surface area contributed by atoms with Gasteiger partial charge >= 0.3 is 0 Å². The Morgan fingerprint density at radius 1 is 1.45 bits per heavy atom. The summed E-state index contributed by atoms with van der Waals surface area (Å²) in [6, 6.07) is 3.51. The molecule has 0 bridgehead atoms. The van der Waals surface area contributed by atoms with Gasteiger partial charge in [-0.2, -0.15) is 4.31 Å². The van der Waals surface area contributed by atoms with E-state index in [1.165, 1.54) is 11.4 Å². The van der Waals surface area contributed by atoms with Gasteiger partial charge in [-0.05, 0) is 43.9 Å². The largest absolute Gasteiger partial charge is 0.392 e. The van der Waals surface area contributed by atoms with Gasteiger partial charge in [0.15, 0.2) is 0 Å². The van der Waals surface area contributed by atoms with Crippen molar-refractivity contribution >= 4 is 15.7 Å². The fraction of sp³-hybridized carbons (Fsp3) is 0.571. The van der Waals surface area contributed by atoms with Gasteiger partial charge in [-0.25, -0.2) is 8.42 Å². The lowest BCUT2D eigenvalue weighted by Crippen LogP contribution is -2.34. The second kappa shape index (κ2) is 5.71. The quantitative estimate of drug-likeness (QED) is 0.880. The van der Waals surface area contributed by atoms with E-state index in [4.69, 9.17) is 0 Å². The molecule has 6 heteroatoms. The molecule has 0 saturated heterocycles. The highest BCUT2D eigenvalue weighted by molar-refractivity contribution is 7.89. The molecule has 1 aromatic rings. The van der Waals surface area contributed by atoms with Crippen LogP contribution in [0.4, 0.5) is 5.69 Å². The Labute approximate surface area is 120 Å². The molecule has 0 saturated carbocycles. The first-order valence-corrected chi connectivity index (χ1v) is 8.29. The van der Waals surface area contributed by atoms with Crippen LogP contribution in [0, 0.1) is 6.92 Å². The van der Waals surface area contributed by atoms with Gasteiger partial charge in [0.05, 0.1) is 11.0 Å². The number of hydrogen-bond donors (Lipinski definition) is 2. The average Bonchev–Trinajstić information content (AvgIpc) is 2.38. The van der Waals surface area contributed by atoms with Crippen LogP contribution in [0.25, 0.3) is 0 Å². The van der Waals surface area contributed by atoms with E-state index in [2.05, 4.69) is 5.32 Å². The molecule has 2 N–H and O–H groups in total. The molecule has 1 aromatic carbocycles. The van der Waals surface area contributed by atoms with Gasteiger partial charge in [0.1, 0.15) is 0 Å². The van der Waals surface area contributed by atoms with Crippen LogP contribution < -0.4 is 5.32 Å². The van der Waals surface area contributed by atoms with E-state index in [0.717, 1.165) is 36.2 Å². The molecule has 112 valence electrons. The van der Waals surface area contributed by atoms with Gasteiger partial charge in [0.25, 0.3) is 0 Å². The van der Waals surface area contributed by atoms with Gasteiger partial charge in [0, 0.05) is 25.8 Å². The van der Waals surface area contributed by atoms with E-state index in [1.807, 2.05) is 13.0 Å². The Kier molecular flexibility index (Phi) is 4.36. The summed E-state index contributed by atoms with van der Waals surface area (Å²) in [7, 11) is -2.05. The van der Waals surface area contributed by atoms with Crippen molar-refractivity contribution in [3.05, 3.63) is 23.3 Å². The lowest BCUT2D eigenvalue weighted by molar-refractivity contribution is 0.171. The Bertz CT molecular complexity index is 597. The summed E-state index contributed by atoms with van der Waals surface area (Å²) >= 11 is 0. The minimum absolute atomic E-state index is 0.0956. The van der Waals surface area contributed by atoms with Crippen LogP contribution in [0.2, 0.25) is 0 Å². The van der Waals surface area contributed by atoms with Gasteiger partial charge in [0.2, 0.25) is 10.0 Å². The third-order valence-corrected chi connectivity index (χ3v) is 5.50. The highest BCUT2D eigenvalue weighted by atomic mass is 32.2. The summed E-state index contributed by atoms with van der Waals surface area (Å²) in [5, 5.41) is 12.7. The topological polar surface area (TPSA) is 69.6 Å². The molecule has 1 heterocycles. The minimum Gasteiger partial charge on any atom is -0.392 e. The first kappa shape index (κ1) is 15.3. The first-order valence-electron chi connectivity index (χ1n) is 6.85. The molecular weight excluding hydrogens is 276 g/mol. The Hall–Kier alpha value is -1.11. The number of nitrogens with zero attached hydrogens (tertiary/aromatic N) is 1. The monoisotopic (exact) mass is 298 g/mol. The lowest BCUT2D eigenvalue weighted by atomic mass is 10.00. The number of aliphatic hydroxyl groups excluding tert-OH is 1. The number of anilines is 1. The number of likely N-dealkylation sites (N-methyl/N-ethyl adjacent to an activating group) is 1. The first-order chi connectivity index (χ1) is 9.34. The zero-order valence-electron chi connectivity index (χ0n) is 12.2. The zero-order chi connectivity index (χ0) is 14.9. The van der Waals surface area contributed by atoms with Crippen molar-refractivity contribution in [2.45, 2.75) is 37.7 Å². The van der Waals surface area contributed by atoms with Crippen LogP contribution in [0.15, 0.2) is 17.0 Å². The zero-order valence-corrected chi connectivity index (χ0v) is 13.0.